The molecule has 22 heavy (non-hydrogen) atoms. The summed E-state index contributed by atoms with van der Waals surface area (Å²) in [5.41, 5.74) is 0. The number of hydrogen-bond acceptors (Lipinski definition) is 2. The van der Waals surface area contributed by atoms with E-state index in [9.17, 15) is 4.79 Å². The van der Waals surface area contributed by atoms with Crippen LogP contribution in [0.25, 0.3) is 0 Å². The molecule has 0 unspecified atom stereocenters. The predicted octanol–water partition coefficient (Wildman–Crippen LogP) is 6.75. The quantitative estimate of drug-likeness (QED) is 0.207. The fourth-order valence-electron chi connectivity index (χ4n) is 2.61. The van der Waals surface area contributed by atoms with Crippen molar-refractivity contribution in [2.24, 2.45) is 0 Å². The summed E-state index contributed by atoms with van der Waals surface area (Å²) < 4.78 is 4.95. The molecule has 2 nitrogen and oxygen atoms in total. The molecule has 0 amide bonds. The van der Waals surface area contributed by atoms with Crippen LogP contribution in [-0.2, 0) is 4.74 Å². The van der Waals surface area contributed by atoms with E-state index in [1.165, 1.54) is 89.9 Å². The van der Waals surface area contributed by atoms with Crippen LogP contribution in [0.15, 0.2) is 0 Å². The monoisotopic (exact) mass is 378 g/mol. The normalized spacial score (nSPS) is 10.8. The van der Waals surface area contributed by atoms with Crippen molar-refractivity contribution in [2.75, 3.05) is 6.61 Å². The standard InChI is InChI=1S/C19H38O2Se/c1-3-5-6-7-8-9-10-11-12-13-14-15-16-17-18-22-19(20)21-4-2/h3-18H2,1-2H3. The molecule has 0 saturated heterocycles. The van der Waals surface area contributed by atoms with Gasteiger partial charge in [-0.15, -0.1) is 0 Å². The Morgan fingerprint density at radius 1 is 0.682 bits per heavy atom. The van der Waals surface area contributed by atoms with Gasteiger partial charge in [-0.1, -0.05) is 26.2 Å². The second kappa shape index (κ2) is 19.0. The molecule has 0 aromatic carbocycles. The molecule has 0 aliphatic heterocycles. The minimum absolute atomic E-state index is 0.0321. The molecule has 0 radical (unpaired) electrons. The number of ether oxygens (including phenoxy) is 1. The summed E-state index contributed by atoms with van der Waals surface area (Å²) in [6, 6.07) is 0. The van der Waals surface area contributed by atoms with Gasteiger partial charge >= 0.3 is 119 Å². The fourth-order valence-corrected chi connectivity index (χ4v) is 4.11. The van der Waals surface area contributed by atoms with Crippen molar-refractivity contribution in [3.8, 4) is 0 Å². The Morgan fingerprint density at radius 2 is 1.09 bits per heavy atom. The van der Waals surface area contributed by atoms with E-state index >= 15 is 0 Å². The first-order valence-electron chi connectivity index (χ1n) is 9.60. The van der Waals surface area contributed by atoms with Crippen LogP contribution in [0.4, 0.5) is 4.79 Å². The van der Waals surface area contributed by atoms with Crippen LogP contribution >= 0.6 is 0 Å². The summed E-state index contributed by atoms with van der Waals surface area (Å²) >= 11 is 0.0626. The van der Waals surface area contributed by atoms with Crippen molar-refractivity contribution in [3.63, 3.8) is 0 Å². The molecule has 0 aromatic heterocycles. The van der Waals surface area contributed by atoms with Gasteiger partial charge in [-0.2, -0.15) is 0 Å². The summed E-state index contributed by atoms with van der Waals surface area (Å²) in [6.45, 7) is 4.68. The van der Waals surface area contributed by atoms with Gasteiger partial charge in [-0.3, -0.25) is 0 Å². The second-order valence-corrected chi connectivity index (χ2v) is 8.29. The maximum absolute atomic E-state index is 11.2. The molecule has 132 valence electrons. The first kappa shape index (κ1) is 22.0. The molecule has 0 bridgehead atoms. The number of rotatable bonds is 17. The van der Waals surface area contributed by atoms with Crippen LogP contribution in [0.1, 0.15) is 104 Å². The molecule has 0 heterocycles. The Hall–Kier alpha value is -0.0105. The second-order valence-electron chi connectivity index (χ2n) is 6.13. The van der Waals surface area contributed by atoms with Crippen molar-refractivity contribution in [3.05, 3.63) is 0 Å². The molecular formula is C19H38O2Se. The average molecular weight is 377 g/mol. The topological polar surface area (TPSA) is 26.3 Å². The van der Waals surface area contributed by atoms with Crippen molar-refractivity contribution in [1.82, 2.24) is 0 Å². The summed E-state index contributed by atoms with van der Waals surface area (Å²) in [5.74, 6) is 0. The molecule has 0 rings (SSSR count). The Kier molecular flexibility index (Phi) is 19.0. The predicted molar refractivity (Wildman–Crippen MR) is 97.9 cm³/mol. The molecule has 0 atom stereocenters. The van der Waals surface area contributed by atoms with Crippen molar-refractivity contribution in [1.29, 1.82) is 0 Å². The molecule has 3 heteroatoms. The zero-order chi connectivity index (χ0) is 16.3. The van der Waals surface area contributed by atoms with Gasteiger partial charge in [0.15, 0.2) is 0 Å². The summed E-state index contributed by atoms with van der Waals surface area (Å²) in [5, 5.41) is 1.06. The van der Waals surface area contributed by atoms with Crippen molar-refractivity contribution >= 4 is 19.8 Å². The summed E-state index contributed by atoms with van der Waals surface area (Å²) in [7, 11) is 0. The SMILES string of the molecule is CCCCCCCCCCCCCCCC[Se]C(=O)OCC. The van der Waals surface area contributed by atoms with Gasteiger partial charge in [0, 0.05) is 0 Å². The maximum atomic E-state index is 11.2. The Labute approximate surface area is 145 Å². The first-order valence-corrected chi connectivity index (χ1v) is 11.7. The van der Waals surface area contributed by atoms with E-state index in [0.29, 0.717) is 6.61 Å². The van der Waals surface area contributed by atoms with Crippen LogP contribution in [-0.4, -0.2) is 26.4 Å². The number of unbranched alkanes of at least 4 members (excludes halogenated alkanes) is 13. The third-order valence-electron chi connectivity index (χ3n) is 3.98. The number of carbonyl (C=O) groups is 1. The molecule has 0 fully saturated rings. The van der Waals surface area contributed by atoms with E-state index < -0.39 is 0 Å². The van der Waals surface area contributed by atoms with E-state index in [2.05, 4.69) is 6.92 Å². The van der Waals surface area contributed by atoms with Gasteiger partial charge in [0.2, 0.25) is 0 Å². The van der Waals surface area contributed by atoms with Crippen LogP contribution < -0.4 is 0 Å². The van der Waals surface area contributed by atoms with E-state index in [-0.39, 0.29) is 19.8 Å². The zero-order valence-corrected chi connectivity index (χ0v) is 16.8. The van der Waals surface area contributed by atoms with E-state index in [0.717, 1.165) is 5.32 Å². The molecular weight excluding hydrogens is 339 g/mol. The van der Waals surface area contributed by atoms with Gasteiger partial charge in [0.05, 0.1) is 0 Å². The zero-order valence-electron chi connectivity index (χ0n) is 15.0. The van der Waals surface area contributed by atoms with Crippen molar-refractivity contribution < 1.29 is 9.53 Å². The van der Waals surface area contributed by atoms with Crippen LogP contribution in [0, 0.1) is 0 Å². The fraction of sp³-hybridized carbons (Fsp3) is 0.947. The van der Waals surface area contributed by atoms with Crippen molar-refractivity contribution in [2.45, 2.75) is 109 Å². The van der Waals surface area contributed by atoms with E-state index in [4.69, 9.17) is 4.74 Å². The molecule has 0 spiro atoms. The van der Waals surface area contributed by atoms with Gasteiger partial charge < -0.3 is 0 Å². The summed E-state index contributed by atoms with van der Waals surface area (Å²) in [4.78, 5) is 11.2. The van der Waals surface area contributed by atoms with E-state index in [1.54, 1.807) is 0 Å². The van der Waals surface area contributed by atoms with Crippen LogP contribution in [0.2, 0.25) is 5.32 Å². The molecule has 0 saturated carbocycles. The number of hydrogen-bond donors (Lipinski definition) is 0. The van der Waals surface area contributed by atoms with E-state index in [1.807, 2.05) is 6.92 Å². The Morgan fingerprint density at radius 3 is 1.50 bits per heavy atom. The van der Waals surface area contributed by atoms with Gasteiger partial charge in [-0.25, -0.2) is 0 Å². The van der Waals surface area contributed by atoms with Crippen LogP contribution in [0.5, 0.6) is 0 Å². The third kappa shape index (κ3) is 18.0. The average Bonchev–Trinajstić information content (AvgIpc) is 2.51. The van der Waals surface area contributed by atoms with Gasteiger partial charge in [-0.05, 0) is 0 Å². The van der Waals surface area contributed by atoms with Crippen LogP contribution in [0.3, 0.4) is 0 Å². The Balaban J connectivity index is 3.01. The Bertz CT molecular complexity index is 231. The first-order chi connectivity index (χ1) is 10.8. The minimum atomic E-state index is 0.0321. The van der Waals surface area contributed by atoms with Gasteiger partial charge in [0.1, 0.15) is 0 Å². The third-order valence-corrected chi connectivity index (χ3v) is 5.76. The molecule has 0 N–H and O–H groups in total. The molecule has 0 aromatic rings. The number of carbonyl (C=O) groups excluding carboxylic acids is 1. The summed E-state index contributed by atoms with van der Waals surface area (Å²) in [6.07, 6.45) is 19.4. The van der Waals surface area contributed by atoms with Gasteiger partial charge in [0.25, 0.3) is 0 Å². The molecule has 0 aliphatic rings. The molecule has 0 aliphatic carbocycles.